The fourth-order valence-corrected chi connectivity index (χ4v) is 3.33. The van der Waals surface area contributed by atoms with Gasteiger partial charge in [-0.25, -0.2) is 4.98 Å². The highest BCUT2D eigenvalue weighted by molar-refractivity contribution is 7.09. The summed E-state index contributed by atoms with van der Waals surface area (Å²) in [4.78, 5) is 21.1. The van der Waals surface area contributed by atoms with E-state index in [1.165, 1.54) is 11.5 Å². The van der Waals surface area contributed by atoms with Gasteiger partial charge in [0.1, 0.15) is 11.6 Å². The van der Waals surface area contributed by atoms with Crippen LogP contribution in [0.15, 0.2) is 24.3 Å². The zero-order valence-corrected chi connectivity index (χ0v) is 14.2. The fraction of sp³-hybridized carbons (Fsp3) is 0.438. The molecular weight excluding hydrogens is 312 g/mol. The number of nitrogens with zero attached hydrogens (tertiary/aromatic N) is 4. The van der Waals surface area contributed by atoms with Crippen molar-refractivity contribution in [2.45, 2.75) is 13.3 Å². The summed E-state index contributed by atoms with van der Waals surface area (Å²) in [5.41, 5.74) is 0.698. The quantitative estimate of drug-likeness (QED) is 0.858. The highest BCUT2D eigenvalue weighted by Gasteiger charge is 2.24. The second kappa shape index (κ2) is 6.95. The molecule has 0 unspecified atom stereocenters. The van der Waals surface area contributed by atoms with Gasteiger partial charge in [0.2, 0.25) is 5.13 Å². The molecule has 0 aliphatic carbocycles. The van der Waals surface area contributed by atoms with Crippen molar-refractivity contribution in [1.82, 2.24) is 14.3 Å². The molecule has 3 rings (SSSR count). The van der Waals surface area contributed by atoms with E-state index in [0.717, 1.165) is 36.2 Å². The maximum absolute atomic E-state index is 12.5. The number of hydrogen-bond donors (Lipinski definition) is 0. The lowest BCUT2D eigenvalue weighted by Crippen LogP contribution is -2.48. The largest absolute Gasteiger partial charge is 0.497 e. The molecule has 1 fully saturated rings. The number of rotatable bonds is 4. The summed E-state index contributed by atoms with van der Waals surface area (Å²) in [6, 6.07) is 7.26. The van der Waals surface area contributed by atoms with Gasteiger partial charge in [0.05, 0.1) is 7.11 Å². The molecule has 7 heteroatoms. The van der Waals surface area contributed by atoms with E-state index in [9.17, 15) is 4.79 Å². The van der Waals surface area contributed by atoms with Crippen LogP contribution < -0.4 is 9.64 Å². The summed E-state index contributed by atoms with van der Waals surface area (Å²) in [7, 11) is 1.62. The lowest BCUT2D eigenvalue weighted by Gasteiger charge is -2.34. The van der Waals surface area contributed by atoms with Gasteiger partial charge in [-0.3, -0.25) is 4.79 Å². The van der Waals surface area contributed by atoms with Gasteiger partial charge in [0.15, 0.2) is 0 Å². The topological polar surface area (TPSA) is 58.6 Å². The number of aromatic nitrogens is 2. The van der Waals surface area contributed by atoms with Crippen molar-refractivity contribution in [3.63, 3.8) is 0 Å². The first-order valence-corrected chi connectivity index (χ1v) is 8.49. The molecule has 122 valence electrons. The molecule has 0 bridgehead atoms. The first-order chi connectivity index (χ1) is 11.2. The Hall–Kier alpha value is -2.15. The van der Waals surface area contributed by atoms with E-state index >= 15 is 0 Å². The van der Waals surface area contributed by atoms with Crippen molar-refractivity contribution in [2.24, 2.45) is 0 Å². The van der Waals surface area contributed by atoms with Crippen molar-refractivity contribution in [3.8, 4) is 5.75 Å². The van der Waals surface area contributed by atoms with Crippen LogP contribution in [-0.4, -0.2) is 53.5 Å². The monoisotopic (exact) mass is 332 g/mol. The molecule has 1 aromatic carbocycles. The summed E-state index contributed by atoms with van der Waals surface area (Å²) in [5.74, 6) is 1.72. The molecule has 0 saturated carbocycles. The third-order valence-electron chi connectivity index (χ3n) is 3.95. The fourth-order valence-electron chi connectivity index (χ4n) is 2.53. The average molecular weight is 332 g/mol. The number of anilines is 1. The Labute approximate surface area is 139 Å². The number of hydrogen-bond acceptors (Lipinski definition) is 6. The summed E-state index contributed by atoms with van der Waals surface area (Å²) in [6.07, 6.45) is 0.854. The van der Waals surface area contributed by atoms with Crippen LogP contribution in [0.5, 0.6) is 5.75 Å². The molecule has 1 aliphatic rings. The number of carbonyl (C=O) groups excluding carboxylic acids is 1. The third-order valence-corrected chi connectivity index (χ3v) is 4.76. The van der Waals surface area contributed by atoms with Crippen LogP contribution in [0.25, 0.3) is 0 Å². The predicted octanol–water partition coefficient (Wildman–Crippen LogP) is 2.07. The Morgan fingerprint density at radius 2 is 1.91 bits per heavy atom. The van der Waals surface area contributed by atoms with E-state index < -0.39 is 0 Å². The molecule has 1 aliphatic heterocycles. The normalized spacial score (nSPS) is 14.9. The second-order valence-electron chi connectivity index (χ2n) is 5.35. The maximum Gasteiger partial charge on any atom is 0.253 e. The van der Waals surface area contributed by atoms with Gasteiger partial charge in [-0.15, -0.1) is 0 Å². The standard InChI is InChI=1S/C16H20N4O2S/c1-3-14-17-16(23-18-14)20-10-8-19(9-11-20)15(21)12-4-6-13(22-2)7-5-12/h4-7H,3,8-11H2,1-2H3. The summed E-state index contributed by atoms with van der Waals surface area (Å²) in [5, 5.41) is 0.957. The summed E-state index contributed by atoms with van der Waals surface area (Å²) < 4.78 is 9.45. The van der Waals surface area contributed by atoms with Crippen molar-refractivity contribution in [1.29, 1.82) is 0 Å². The number of benzene rings is 1. The number of amides is 1. The van der Waals surface area contributed by atoms with Gasteiger partial charge >= 0.3 is 0 Å². The maximum atomic E-state index is 12.5. The van der Waals surface area contributed by atoms with Gasteiger partial charge in [0.25, 0.3) is 5.91 Å². The molecule has 6 nitrogen and oxygen atoms in total. The highest BCUT2D eigenvalue weighted by Crippen LogP contribution is 2.20. The van der Waals surface area contributed by atoms with Crippen LogP contribution in [0.1, 0.15) is 23.1 Å². The lowest BCUT2D eigenvalue weighted by atomic mass is 10.1. The van der Waals surface area contributed by atoms with E-state index in [1.807, 2.05) is 29.2 Å². The van der Waals surface area contributed by atoms with Gasteiger partial charge < -0.3 is 14.5 Å². The van der Waals surface area contributed by atoms with Crippen LogP contribution in [-0.2, 0) is 6.42 Å². The zero-order valence-electron chi connectivity index (χ0n) is 13.4. The summed E-state index contributed by atoms with van der Waals surface area (Å²) in [6.45, 7) is 5.04. The average Bonchev–Trinajstić information content (AvgIpc) is 3.10. The number of ether oxygens (including phenoxy) is 1. The first-order valence-electron chi connectivity index (χ1n) is 7.72. The highest BCUT2D eigenvalue weighted by atomic mass is 32.1. The minimum atomic E-state index is 0.0683. The zero-order chi connectivity index (χ0) is 16.2. The summed E-state index contributed by atoms with van der Waals surface area (Å²) >= 11 is 1.44. The lowest BCUT2D eigenvalue weighted by molar-refractivity contribution is 0.0746. The van der Waals surface area contributed by atoms with E-state index in [0.29, 0.717) is 18.7 Å². The first kappa shape index (κ1) is 15.7. The molecule has 1 amide bonds. The van der Waals surface area contributed by atoms with Crippen LogP contribution >= 0.6 is 11.5 Å². The van der Waals surface area contributed by atoms with Crippen molar-refractivity contribution in [2.75, 3.05) is 38.2 Å². The SMILES string of the molecule is CCc1nsc(N2CCN(C(=O)c3ccc(OC)cc3)CC2)n1. The molecule has 0 spiro atoms. The van der Waals surface area contributed by atoms with E-state index in [2.05, 4.69) is 21.2 Å². The van der Waals surface area contributed by atoms with E-state index in [-0.39, 0.29) is 5.91 Å². The Morgan fingerprint density at radius 1 is 1.22 bits per heavy atom. The van der Waals surface area contributed by atoms with E-state index in [4.69, 9.17) is 4.74 Å². The molecule has 0 radical (unpaired) electrons. The molecule has 2 heterocycles. The minimum absolute atomic E-state index is 0.0683. The van der Waals surface area contributed by atoms with Crippen LogP contribution in [0.4, 0.5) is 5.13 Å². The number of methoxy groups -OCH3 is 1. The molecule has 23 heavy (non-hydrogen) atoms. The molecule has 0 N–H and O–H groups in total. The van der Waals surface area contributed by atoms with Gasteiger partial charge in [-0.05, 0) is 24.3 Å². The predicted molar refractivity (Wildman–Crippen MR) is 90.4 cm³/mol. The number of carbonyl (C=O) groups is 1. The van der Waals surface area contributed by atoms with Gasteiger partial charge in [0, 0.05) is 49.7 Å². The Balaban J connectivity index is 1.60. The van der Waals surface area contributed by atoms with Crippen LogP contribution in [0.2, 0.25) is 0 Å². The molecule has 1 saturated heterocycles. The Morgan fingerprint density at radius 3 is 2.48 bits per heavy atom. The Kier molecular flexibility index (Phi) is 4.76. The number of aryl methyl sites for hydroxylation is 1. The van der Waals surface area contributed by atoms with Gasteiger partial charge in [-0.2, -0.15) is 4.37 Å². The van der Waals surface area contributed by atoms with Crippen molar-refractivity contribution in [3.05, 3.63) is 35.7 Å². The molecule has 0 atom stereocenters. The number of piperazine rings is 1. The van der Waals surface area contributed by atoms with Crippen LogP contribution in [0, 0.1) is 0 Å². The molecule has 2 aromatic rings. The molecular formula is C16H20N4O2S. The third kappa shape index (κ3) is 3.44. The van der Waals surface area contributed by atoms with Crippen molar-refractivity contribution >= 4 is 22.6 Å². The smallest absolute Gasteiger partial charge is 0.253 e. The molecule has 1 aromatic heterocycles. The van der Waals surface area contributed by atoms with E-state index in [1.54, 1.807) is 7.11 Å². The second-order valence-corrected chi connectivity index (χ2v) is 6.08. The van der Waals surface area contributed by atoms with Crippen LogP contribution in [0.3, 0.4) is 0 Å². The van der Waals surface area contributed by atoms with Gasteiger partial charge in [-0.1, -0.05) is 6.92 Å². The van der Waals surface area contributed by atoms with Crippen molar-refractivity contribution < 1.29 is 9.53 Å². The Bertz CT molecular complexity index is 663. The minimum Gasteiger partial charge on any atom is -0.497 e.